The van der Waals surface area contributed by atoms with Crippen molar-refractivity contribution in [1.29, 1.82) is 0 Å². The van der Waals surface area contributed by atoms with E-state index in [1.165, 1.54) is 11.3 Å². The summed E-state index contributed by atoms with van der Waals surface area (Å²) in [6.45, 7) is 8.22. The number of nitrogens with two attached hydrogens (primary N) is 1. The zero-order valence-electron chi connectivity index (χ0n) is 14.8. The summed E-state index contributed by atoms with van der Waals surface area (Å²) in [7, 11) is -2.04. The van der Waals surface area contributed by atoms with Gasteiger partial charge >= 0.3 is 5.97 Å². The van der Waals surface area contributed by atoms with Gasteiger partial charge in [0, 0.05) is 17.2 Å². The lowest BCUT2D eigenvalue weighted by Crippen LogP contribution is -2.72. The van der Waals surface area contributed by atoms with Crippen molar-refractivity contribution in [1.82, 2.24) is 9.88 Å². The molecule has 0 radical (unpaired) electrons. The first kappa shape index (κ1) is 18.6. The highest BCUT2D eigenvalue weighted by Crippen LogP contribution is 2.43. The van der Waals surface area contributed by atoms with Gasteiger partial charge in [0.05, 0.1) is 11.2 Å². The van der Waals surface area contributed by atoms with Crippen LogP contribution in [0.25, 0.3) is 6.08 Å². The lowest BCUT2D eigenvalue weighted by Gasteiger charge is -2.52. The van der Waals surface area contributed by atoms with E-state index in [-0.39, 0.29) is 17.3 Å². The van der Waals surface area contributed by atoms with E-state index in [0.29, 0.717) is 12.3 Å². The Morgan fingerprint density at radius 2 is 2.24 bits per heavy atom. The monoisotopic (exact) mass is 397 g/mol. The summed E-state index contributed by atoms with van der Waals surface area (Å²) in [5.41, 5.74) is 7.74. The van der Waals surface area contributed by atoms with Crippen LogP contribution in [0, 0.1) is 12.3 Å². The minimum Gasteiger partial charge on any atom is -0.519 e. The van der Waals surface area contributed by atoms with Crippen LogP contribution in [0.15, 0.2) is 11.6 Å². The molecule has 1 aromatic heterocycles. The number of aromatic nitrogens is 1. The van der Waals surface area contributed by atoms with E-state index in [9.17, 15) is 9.59 Å². The zero-order chi connectivity index (χ0) is 18.4. The van der Waals surface area contributed by atoms with Crippen LogP contribution in [0.4, 0.5) is 0 Å². The molecule has 2 fully saturated rings. The van der Waals surface area contributed by atoms with E-state index in [1.54, 1.807) is 22.2 Å². The van der Waals surface area contributed by atoms with Crippen molar-refractivity contribution in [3.8, 4) is 0 Å². The number of fused-ring (bicyclic) bond motifs is 1. The number of nitrogens with zero attached hydrogens (tertiary/aromatic N) is 2. The largest absolute Gasteiger partial charge is 0.519 e. The smallest absolute Gasteiger partial charge is 0.305 e. The summed E-state index contributed by atoms with van der Waals surface area (Å²) >= 11 is 3.09. The van der Waals surface area contributed by atoms with Gasteiger partial charge in [-0.15, -0.1) is 23.1 Å². The molecule has 3 heterocycles. The maximum absolute atomic E-state index is 13.0. The second-order valence-electron chi connectivity index (χ2n) is 7.49. The number of thioether (sulfide) groups is 1. The highest BCUT2D eigenvalue weighted by molar-refractivity contribution is 8.00. The molecular formula is C16H23N3O3S2Si. The van der Waals surface area contributed by atoms with Crippen molar-refractivity contribution in [2.75, 3.05) is 12.3 Å². The molecule has 136 valence electrons. The molecule has 2 unspecified atom stereocenters. The van der Waals surface area contributed by atoms with Crippen LogP contribution >= 0.6 is 23.1 Å². The molecule has 0 spiro atoms. The van der Waals surface area contributed by atoms with E-state index in [4.69, 9.17) is 10.2 Å². The Morgan fingerprint density at radius 3 is 2.84 bits per heavy atom. The highest BCUT2D eigenvalue weighted by atomic mass is 32.2. The molecule has 2 N–H and O–H groups in total. The number of rotatable bonds is 4. The lowest BCUT2D eigenvalue weighted by molar-refractivity contribution is -0.152. The van der Waals surface area contributed by atoms with E-state index >= 15 is 0 Å². The Bertz CT molecular complexity index is 730. The number of β-lactam (4-membered cyclic amide) rings is 1. The predicted octanol–water partition coefficient (Wildman–Crippen LogP) is 2.07. The second-order valence-corrected chi connectivity index (χ2v) is 13.9. The Morgan fingerprint density at radius 1 is 1.52 bits per heavy atom. The normalized spacial score (nSPS) is 29.5. The maximum Gasteiger partial charge on any atom is 0.305 e. The average Bonchev–Trinajstić information content (AvgIpc) is 2.95. The van der Waals surface area contributed by atoms with Crippen LogP contribution in [0.5, 0.6) is 0 Å². The standard InChI is InChI=1S/C16H23N3O3S2Si/c1-10-11(24-9-18-10)5-6-16(15(21)22-25(2,3)4)7-19-13(20)12(17)14(19)23-8-16/h5-6,9,12,14H,7-8,17H2,1-4H3/t12?,14-,16?/m1/s1. The summed E-state index contributed by atoms with van der Waals surface area (Å²) in [4.78, 5) is 32.1. The van der Waals surface area contributed by atoms with Gasteiger partial charge in [-0.05, 0) is 32.6 Å². The minimum atomic E-state index is -2.04. The number of hydrogen-bond donors (Lipinski definition) is 1. The Kier molecular flexibility index (Phi) is 4.86. The van der Waals surface area contributed by atoms with Crippen molar-refractivity contribution in [2.45, 2.75) is 38.0 Å². The fraction of sp³-hybridized carbons (Fsp3) is 0.562. The molecule has 0 aromatic carbocycles. The maximum atomic E-state index is 13.0. The molecule has 6 nitrogen and oxygen atoms in total. The van der Waals surface area contributed by atoms with Crippen molar-refractivity contribution >= 4 is 49.4 Å². The molecule has 0 bridgehead atoms. The third-order valence-corrected chi connectivity index (χ3v) is 7.55. The fourth-order valence-corrected chi connectivity index (χ4v) is 5.78. The van der Waals surface area contributed by atoms with Crippen molar-refractivity contribution in [2.24, 2.45) is 11.1 Å². The summed E-state index contributed by atoms with van der Waals surface area (Å²) in [6, 6.07) is -0.455. The van der Waals surface area contributed by atoms with Gasteiger partial charge in [-0.1, -0.05) is 6.08 Å². The van der Waals surface area contributed by atoms with Crippen LogP contribution in [0.1, 0.15) is 10.6 Å². The van der Waals surface area contributed by atoms with E-state index in [1.807, 2.05) is 38.7 Å². The Labute approximate surface area is 156 Å². The molecule has 2 aliphatic rings. The van der Waals surface area contributed by atoms with Gasteiger partial charge in [0.2, 0.25) is 14.2 Å². The summed E-state index contributed by atoms with van der Waals surface area (Å²) in [5.74, 6) is 0.223. The molecule has 0 aliphatic carbocycles. The van der Waals surface area contributed by atoms with Gasteiger partial charge < -0.3 is 15.1 Å². The molecule has 2 saturated heterocycles. The SMILES string of the molecule is Cc1ncsc1C=CC1(C(=O)O[Si](C)(C)C)CS[C@@H]2C(N)C(=O)N2C1. The van der Waals surface area contributed by atoms with Gasteiger partial charge in [-0.25, -0.2) is 4.98 Å². The second kappa shape index (κ2) is 6.53. The van der Waals surface area contributed by atoms with Crippen LogP contribution in [0.2, 0.25) is 19.6 Å². The van der Waals surface area contributed by atoms with Crippen molar-refractivity contribution in [3.63, 3.8) is 0 Å². The summed E-state index contributed by atoms with van der Waals surface area (Å²) in [5, 5.41) is -0.0288. The van der Waals surface area contributed by atoms with E-state index in [0.717, 1.165) is 10.6 Å². The Balaban J connectivity index is 1.89. The van der Waals surface area contributed by atoms with E-state index < -0.39 is 19.8 Å². The molecule has 1 amide bonds. The number of aryl methyl sites for hydroxylation is 1. The van der Waals surface area contributed by atoms with Gasteiger partial charge in [0.25, 0.3) is 0 Å². The molecule has 25 heavy (non-hydrogen) atoms. The average molecular weight is 398 g/mol. The van der Waals surface area contributed by atoms with Gasteiger partial charge in [0.1, 0.15) is 16.8 Å². The van der Waals surface area contributed by atoms with E-state index in [2.05, 4.69) is 4.98 Å². The number of amides is 1. The lowest BCUT2D eigenvalue weighted by atomic mass is 9.86. The fourth-order valence-electron chi connectivity index (χ4n) is 2.87. The Hall–Kier alpha value is -1.16. The molecule has 3 rings (SSSR count). The van der Waals surface area contributed by atoms with Gasteiger partial charge in [-0.2, -0.15) is 0 Å². The highest BCUT2D eigenvalue weighted by Gasteiger charge is 2.55. The molecular weight excluding hydrogens is 374 g/mol. The number of carbonyl (C=O) groups excluding carboxylic acids is 2. The van der Waals surface area contributed by atoms with Crippen LogP contribution < -0.4 is 5.73 Å². The van der Waals surface area contributed by atoms with Gasteiger partial charge in [-0.3, -0.25) is 9.59 Å². The third kappa shape index (κ3) is 3.55. The first-order valence-corrected chi connectivity index (χ1v) is 13.5. The molecule has 1 aromatic rings. The quantitative estimate of drug-likeness (QED) is 0.618. The minimum absolute atomic E-state index is 0.0288. The number of carbonyl (C=O) groups is 2. The third-order valence-electron chi connectivity index (χ3n) is 4.29. The number of hydrogen-bond acceptors (Lipinski definition) is 7. The summed E-state index contributed by atoms with van der Waals surface area (Å²) < 4.78 is 5.80. The van der Waals surface area contributed by atoms with Crippen molar-refractivity contribution in [3.05, 3.63) is 22.2 Å². The first-order chi connectivity index (χ1) is 11.6. The molecule has 3 atom stereocenters. The van der Waals surface area contributed by atoms with Gasteiger partial charge in [0.15, 0.2) is 0 Å². The summed E-state index contributed by atoms with van der Waals surface area (Å²) in [6.07, 6.45) is 3.83. The number of thiazole rings is 1. The zero-order valence-corrected chi connectivity index (χ0v) is 17.4. The van der Waals surface area contributed by atoms with Crippen LogP contribution in [0.3, 0.4) is 0 Å². The molecule has 9 heteroatoms. The van der Waals surface area contributed by atoms with Crippen LogP contribution in [-0.4, -0.2) is 53.8 Å². The topological polar surface area (TPSA) is 85.5 Å². The predicted molar refractivity (Wildman–Crippen MR) is 104 cm³/mol. The van der Waals surface area contributed by atoms with Crippen LogP contribution in [-0.2, 0) is 14.0 Å². The molecule has 2 aliphatic heterocycles. The first-order valence-electron chi connectivity index (χ1n) is 8.13. The van der Waals surface area contributed by atoms with Crippen molar-refractivity contribution < 1.29 is 14.0 Å². The molecule has 0 saturated carbocycles.